The maximum absolute atomic E-state index is 5.58. The van der Waals surface area contributed by atoms with Gasteiger partial charge in [0.15, 0.2) is 5.82 Å². The van der Waals surface area contributed by atoms with Gasteiger partial charge < -0.3 is 0 Å². The molecule has 2 aromatic heterocycles. The fourth-order valence-corrected chi connectivity index (χ4v) is 3.12. The molecule has 1 atom stereocenters. The standard InChI is InChI=1S/C9H13BrN6S/c1-5-3-7(17-9(5)10)6(12-11)4-8-13-15-16(2)14-8/h3,6,12H,4,11H2,1-2H3. The van der Waals surface area contributed by atoms with E-state index in [9.17, 15) is 0 Å². The average Bonchev–Trinajstić information content (AvgIpc) is 2.83. The number of halogens is 1. The number of hydrogen-bond donors (Lipinski definition) is 2. The van der Waals surface area contributed by atoms with Crippen molar-refractivity contribution in [2.75, 3.05) is 0 Å². The van der Waals surface area contributed by atoms with Crippen LogP contribution in [-0.2, 0) is 13.5 Å². The van der Waals surface area contributed by atoms with Crippen molar-refractivity contribution in [1.29, 1.82) is 0 Å². The minimum Gasteiger partial charge on any atom is -0.271 e. The van der Waals surface area contributed by atoms with Gasteiger partial charge in [0, 0.05) is 11.3 Å². The smallest absolute Gasteiger partial charge is 0.176 e. The van der Waals surface area contributed by atoms with E-state index in [1.54, 1.807) is 18.4 Å². The summed E-state index contributed by atoms with van der Waals surface area (Å²) >= 11 is 5.17. The van der Waals surface area contributed by atoms with Crippen molar-refractivity contribution in [3.05, 3.63) is 26.1 Å². The Balaban J connectivity index is 2.16. The summed E-state index contributed by atoms with van der Waals surface area (Å²) in [5.74, 6) is 6.26. The fraction of sp³-hybridized carbons (Fsp3) is 0.444. The van der Waals surface area contributed by atoms with Crippen molar-refractivity contribution < 1.29 is 0 Å². The van der Waals surface area contributed by atoms with Gasteiger partial charge >= 0.3 is 0 Å². The topological polar surface area (TPSA) is 81.7 Å². The van der Waals surface area contributed by atoms with Crippen LogP contribution in [-0.4, -0.2) is 20.2 Å². The Kier molecular flexibility index (Phi) is 3.87. The summed E-state index contributed by atoms with van der Waals surface area (Å²) in [5, 5.41) is 11.9. The number of hydrogen-bond acceptors (Lipinski definition) is 6. The molecular weight excluding hydrogens is 304 g/mol. The SMILES string of the molecule is Cc1cc(C(Cc2nnn(C)n2)NN)sc1Br. The molecule has 0 saturated heterocycles. The van der Waals surface area contributed by atoms with E-state index < -0.39 is 0 Å². The molecule has 2 rings (SSSR count). The van der Waals surface area contributed by atoms with Gasteiger partial charge in [-0.1, -0.05) is 0 Å². The highest BCUT2D eigenvalue weighted by Crippen LogP contribution is 2.32. The number of nitrogens with zero attached hydrogens (tertiary/aromatic N) is 4. The molecule has 0 fully saturated rings. The van der Waals surface area contributed by atoms with Crippen LogP contribution in [0.4, 0.5) is 0 Å². The molecule has 0 aliphatic rings. The minimum atomic E-state index is 0.00852. The molecule has 0 amide bonds. The summed E-state index contributed by atoms with van der Waals surface area (Å²) in [6.07, 6.45) is 0.622. The quantitative estimate of drug-likeness (QED) is 0.652. The van der Waals surface area contributed by atoms with Crippen molar-refractivity contribution in [3.8, 4) is 0 Å². The zero-order valence-electron chi connectivity index (χ0n) is 9.51. The third-order valence-electron chi connectivity index (χ3n) is 2.36. The van der Waals surface area contributed by atoms with E-state index in [4.69, 9.17) is 5.84 Å². The van der Waals surface area contributed by atoms with Crippen LogP contribution in [0.3, 0.4) is 0 Å². The lowest BCUT2D eigenvalue weighted by Crippen LogP contribution is -2.29. The maximum Gasteiger partial charge on any atom is 0.176 e. The van der Waals surface area contributed by atoms with Gasteiger partial charge in [0.2, 0.25) is 0 Å². The molecule has 2 heterocycles. The molecule has 0 radical (unpaired) electrons. The van der Waals surface area contributed by atoms with Crippen molar-refractivity contribution in [3.63, 3.8) is 0 Å². The lowest BCUT2D eigenvalue weighted by molar-refractivity contribution is 0.544. The number of tetrazole rings is 1. The second kappa shape index (κ2) is 5.21. The van der Waals surface area contributed by atoms with Gasteiger partial charge in [-0.2, -0.15) is 4.80 Å². The van der Waals surface area contributed by atoms with Crippen molar-refractivity contribution in [2.24, 2.45) is 12.9 Å². The summed E-state index contributed by atoms with van der Waals surface area (Å²) in [6, 6.07) is 2.12. The first-order valence-corrected chi connectivity index (χ1v) is 6.66. The third kappa shape index (κ3) is 2.89. The highest BCUT2D eigenvalue weighted by molar-refractivity contribution is 9.11. The van der Waals surface area contributed by atoms with Crippen LogP contribution in [0.1, 0.15) is 22.3 Å². The van der Waals surface area contributed by atoms with E-state index >= 15 is 0 Å². The van der Waals surface area contributed by atoms with Crippen molar-refractivity contribution >= 4 is 27.3 Å². The van der Waals surface area contributed by atoms with Crippen molar-refractivity contribution in [2.45, 2.75) is 19.4 Å². The van der Waals surface area contributed by atoms with Crippen molar-refractivity contribution in [1.82, 2.24) is 25.6 Å². The zero-order chi connectivity index (χ0) is 12.4. The molecule has 0 aliphatic carbocycles. The number of nitrogens with two attached hydrogens (primary N) is 1. The fourth-order valence-electron chi connectivity index (χ4n) is 1.48. The Bertz CT molecular complexity index is 488. The Morgan fingerprint density at radius 2 is 2.41 bits per heavy atom. The Morgan fingerprint density at radius 3 is 2.88 bits per heavy atom. The second-order valence-corrected chi connectivity index (χ2v) is 6.13. The number of thiophene rings is 1. The molecule has 1 unspecified atom stereocenters. The number of aryl methyl sites for hydroxylation is 2. The van der Waals surface area contributed by atoms with E-state index in [0.29, 0.717) is 12.2 Å². The van der Waals surface area contributed by atoms with E-state index in [1.165, 1.54) is 10.4 Å². The summed E-state index contributed by atoms with van der Waals surface area (Å²) < 4.78 is 1.12. The van der Waals surface area contributed by atoms with Crippen LogP contribution in [0.5, 0.6) is 0 Å². The van der Waals surface area contributed by atoms with E-state index in [2.05, 4.69) is 49.8 Å². The summed E-state index contributed by atoms with van der Waals surface area (Å²) in [6.45, 7) is 2.05. The lowest BCUT2D eigenvalue weighted by Gasteiger charge is -2.11. The molecule has 0 aromatic carbocycles. The van der Waals surface area contributed by atoms with Gasteiger partial charge in [0.1, 0.15) is 0 Å². The van der Waals surface area contributed by atoms with Gasteiger partial charge in [0.25, 0.3) is 0 Å². The molecule has 0 saturated carbocycles. The van der Waals surface area contributed by atoms with Crippen LogP contribution in [0.2, 0.25) is 0 Å². The van der Waals surface area contributed by atoms with E-state index in [1.807, 2.05) is 0 Å². The van der Waals surface area contributed by atoms with Gasteiger partial charge in [-0.15, -0.1) is 21.5 Å². The second-order valence-electron chi connectivity index (χ2n) is 3.72. The lowest BCUT2D eigenvalue weighted by atomic mass is 10.1. The molecule has 0 spiro atoms. The maximum atomic E-state index is 5.58. The Morgan fingerprint density at radius 1 is 1.65 bits per heavy atom. The molecule has 17 heavy (non-hydrogen) atoms. The zero-order valence-corrected chi connectivity index (χ0v) is 11.9. The molecule has 0 bridgehead atoms. The number of hydrazine groups is 1. The average molecular weight is 317 g/mol. The molecule has 3 N–H and O–H groups in total. The Labute approximate surface area is 111 Å². The van der Waals surface area contributed by atoms with Crippen LogP contribution >= 0.6 is 27.3 Å². The van der Waals surface area contributed by atoms with Gasteiger partial charge in [0.05, 0.1) is 16.9 Å². The predicted molar refractivity (Wildman–Crippen MR) is 69.3 cm³/mol. The summed E-state index contributed by atoms with van der Waals surface area (Å²) in [5.41, 5.74) is 4.00. The molecule has 2 aromatic rings. The predicted octanol–water partition coefficient (Wildman–Crippen LogP) is 1.09. The first-order valence-electron chi connectivity index (χ1n) is 5.05. The normalized spacial score (nSPS) is 12.9. The summed E-state index contributed by atoms with van der Waals surface area (Å²) in [7, 11) is 1.74. The number of nitrogens with one attached hydrogen (secondary N) is 1. The van der Waals surface area contributed by atoms with Gasteiger partial charge in [-0.05, 0) is 39.7 Å². The number of rotatable bonds is 4. The Hall–Kier alpha value is -0.830. The van der Waals surface area contributed by atoms with Gasteiger partial charge in [-0.25, -0.2) is 0 Å². The molecule has 92 valence electrons. The molecular formula is C9H13BrN6S. The highest BCUT2D eigenvalue weighted by atomic mass is 79.9. The minimum absolute atomic E-state index is 0.00852. The largest absolute Gasteiger partial charge is 0.271 e. The molecule has 0 aliphatic heterocycles. The molecule has 6 nitrogen and oxygen atoms in total. The first kappa shape index (κ1) is 12.6. The van der Waals surface area contributed by atoms with Crippen LogP contribution in [0.15, 0.2) is 9.85 Å². The molecule has 8 heteroatoms. The monoisotopic (exact) mass is 316 g/mol. The third-order valence-corrected chi connectivity index (χ3v) is 4.61. The highest BCUT2D eigenvalue weighted by Gasteiger charge is 2.17. The van der Waals surface area contributed by atoms with Crippen LogP contribution < -0.4 is 11.3 Å². The van der Waals surface area contributed by atoms with E-state index in [-0.39, 0.29) is 6.04 Å². The van der Waals surface area contributed by atoms with E-state index in [0.717, 1.165) is 8.66 Å². The van der Waals surface area contributed by atoms with Crippen LogP contribution in [0, 0.1) is 6.92 Å². The number of aromatic nitrogens is 4. The van der Waals surface area contributed by atoms with Gasteiger partial charge in [-0.3, -0.25) is 11.3 Å². The first-order chi connectivity index (χ1) is 8.10. The van der Waals surface area contributed by atoms with Crippen LogP contribution in [0.25, 0.3) is 0 Å². The summed E-state index contributed by atoms with van der Waals surface area (Å²) in [4.78, 5) is 2.60.